The van der Waals surface area contributed by atoms with E-state index >= 15 is 0 Å². The molecule has 1 aromatic rings. The average Bonchev–Trinajstić information content (AvgIpc) is 2.63. The first-order valence-corrected chi connectivity index (χ1v) is 8.43. The molecule has 1 aliphatic heterocycles. The van der Waals surface area contributed by atoms with Crippen LogP contribution in [-0.4, -0.2) is 39.3 Å². The van der Waals surface area contributed by atoms with E-state index in [0.717, 1.165) is 11.0 Å². The van der Waals surface area contributed by atoms with Crippen molar-refractivity contribution in [1.82, 2.24) is 4.98 Å². The molecule has 1 aliphatic rings. The van der Waals surface area contributed by atoms with E-state index in [1.807, 2.05) is 33.8 Å². The molecule has 1 fully saturated rings. The van der Waals surface area contributed by atoms with Crippen LogP contribution in [0.1, 0.15) is 40.2 Å². The smallest absolute Gasteiger partial charge is 0.491 e. The second kappa shape index (κ2) is 6.67. The van der Waals surface area contributed by atoms with E-state index in [1.54, 1.807) is 12.3 Å². The van der Waals surface area contributed by atoms with Crippen LogP contribution in [0.2, 0.25) is 0 Å². The van der Waals surface area contributed by atoms with Crippen LogP contribution in [0.15, 0.2) is 23.9 Å². The summed E-state index contributed by atoms with van der Waals surface area (Å²) in [7, 11) is -0.533. The number of hydrogen-bond donors (Lipinski definition) is 1. The summed E-state index contributed by atoms with van der Waals surface area (Å²) < 4.78 is 12.1. The van der Waals surface area contributed by atoms with E-state index in [2.05, 4.69) is 4.98 Å². The molecule has 23 heavy (non-hydrogen) atoms. The third-order valence-corrected chi connectivity index (χ3v) is 4.98. The lowest BCUT2D eigenvalue weighted by Gasteiger charge is -2.32. The molecule has 2 rings (SSSR count). The van der Waals surface area contributed by atoms with Crippen molar-refractivity contribution >= 4 is 30.1 Å². The fourth-order valence-corrected chi connectivity index (χ4v) is 2.68. The third kappa shape index (κ3) is 4.37. The molecule has 0 aliphatic carbocycles. The van der Waals surface area contributed by atoms with Crippen molar-refractivity contribution in [3.05, 3.63) is 29.5 Å². The lowest BCUT2D eigenvalue weighted by Crippen LogP contribution is -2.41. The van der Waals surface area contributed by atoms with Crippen molar-refractivity contribution in [3.8, 4) is 5.75 Å². The van der Waals surface area contributed by atoms with Gasteiger partial charge in [-0.1, -0.05) is 17.8 Å². The Bertz CT molecular complexity index is 614. The van der Waals surface area contributed by atoms with E-state index in [9.17, 15) is 9.90 Å². The average molecular weight is 335 g/mol. The molecule has 0 atom stereocenters. The number of aromatic hydroxyl groups is 1. The molecule has 2 heterocycles. The van der Waals surface area contributed by atoms with Gasteiger partial charge in [-0.05, 0) is 44.8 Å². The van der Waals surface area contributed by atoms with Gasteiger partial charge in [-0.3, -0.25) is 9.78 Å². The third-order valence-electron chi connectivity index (χ3n) is 4.10. The van der Waals surface area contributed by atoms with Gasteiger partial charge >= 0.3 is 7.12 Å². The van der Waals surface area contributed by atoms with Gasteiger partial charge in [-0.25, -0.2) is 0 Å². The molecule has 1 saturated heterocycles. The molecule has 0 unspecified atom stereocenters. The SMILES string of the molecule is CC(=O)SCC(=Cc1cncc(O)c1)B1OC(C)(C)C(C)(C)O1. The van der Waals surface area contributed by atoms with E-state index in [0.29, 0.717) is 5.75 Å². The van der Waals surface area contributed by atoms with Crippen molar-refractivity contribution in [2.75, 3.05) is 5.75 Å². The summed E-state index contributed by atoms with van der Waals surface area (Å²) in [5.41, 5.74) is 0.666. The Morgan fingerprint density at radius 2 is 1.91 bits per heavy atom. The molecule has 0 saturated carbocycles. The highest BCUT2D eigenvalue weighted by Crippen LogP contribution is 2.39. The molecular formula is C16H22BNO4S. The lowest BCUT2D eigenvalue weighted by atomic mass is 9.78. The van der Waals surface area contributed by atoms with Crippen LogP contribution in [0.4, 0.5) is 0 Å². The van der Waals surface area contributed by atoms with Gasteiger partial charge < -0.3 is 14.4 Å². The van der Waals surface area contributed by atoms with Crippen LogP contribution in [0.5, 0.6) is 5.75 Å². The van der Waals surface area contributed by atoms with Crippen LogP contribution in [0, 0.1) is 0 Å². The first-order valence-electron chi connectivity index (χ1n) is 7.44. The number of carbonyl (C=O) groups excluding carboxylic acids is 1. The Hall–Kier alpha value is -1.31. The fourth-order valence-electron chi connectivity index (χ4n) is 2.10. The molecule has 0 amide bonds. The van der Waals surface area contributed by atoms with E-state index in [-0.39, 0.29) is 10.9 Å². The second-order valence-corrected chi connectivity index (χ2v) is 7.72. The number of nitrogens with zero attached hydrogens (tertiary/aromatic N) is 1. The minimum atomic E-state index is -0.533. The predicted molar refractivity (Wildman–Crippen MR) is 93.1 cm³/mol. The number of hydrogen-bond acceptors (Lipinski definition) is 6. The maximum absolute atomic E-state index is 11.3. The lowest BCUT2D eigenvalue weighted by molar-refractivity contribution is -0.109. The summed E-state index contributed by atoms with van der Waals surface area (Å²) >= 11 is 1.20. The molecule has 0 spiro atoms. The Labute approximate surface area is 141 Å². The van der Waals surface area contributed by atoms with Crippen molar-refractivity contribution < 1.29 is 19.2 Å². The van der Waals surface area contributed by atoms with Gasteiger partial charge in [0.15, 0.2) is 5.12 Å². The van der Waals surface area contributed by atoms with Gasteiger partial charge in [0.2, 0.25) is 0 Å². The zero-order chi connectivity index (χ0) is 17.3. The first-order chi connectivity index (χ1) is 10.6. The highest BCUT2D eigenvalue weighted by atomic mass is 32.2. The molecular weight excluding hydrogens is 313 g/mol. The van der Waals surface area contributed by atoms with Gasteiger partial charge in [0, 0.05) is 18.9 Å². The fraction of sp³-hybridized carbons (Fsp3) is 0.500. The van der Waals surface area contributed by atoms with Crippen molar-refractivity contribution in [2.24, 2.45) is 0 Å². The Balaban J connectivity index is 2.30. The van der Waals surface area contributed by atoms with Crippen molar-refractivity contribution in [3.63, 3.8) is 0 Å². The minimum Gasteiger partial charge on any atom is -0.506 e. The van der Waals surface area contributed by atoms with Gasteiger partial charge in [-0.2, -0.15) is 0 Å². The summed E-state index contributed by atoms with van der Waals surface area (Å²) in [4.78, 5) is 15.3. The monoisotopic (exact) mass is 335 g/mol. The molecule has 0 aromatic carbocycles. The summed E-state index contributed by atoms with van der Waals surface area (Å²) in [6.07, 6.45) is 4.87. The quantitative estimate of drug-likeness (QED) is 0.853. The molecule has 7 heteroatoms. The summed E-state index contributed by atoms with van der Waals surface area (Å²) in [6, 6.07) is 1.61. The largest absolute Gasteiger partial charge is 0.506 e. The number of carbonyl (C=O) groups is 1. The van der Waals surface area contributed by atoms with Crippen LogP contribution < -0.4 is 0 Å². The number of thioether (sulfide) groups is 1. The molecule has 124 valence electrons. The summed E-state index contributed by atoms with van der Waals surface area (Å²) in [5, 5.41) is 9.59. The molecule has 1 N–H and O–H groups in total. The predicted octanol–water partition coefficient (Wildman–Crippen LogP) is 3.08. The highest BCUT2D eigenvalue weighted by molar-refractivity contribution is 8.13. The molecule has 5 nitrogen and oxygen atoms in total. The maximum atomic E-state index is 11.3. The summed E-state index contributed by atoms with van der Waals surface area (Å²) in [6.45, 7) is 9.47. The van der Waals surface area contributed by atoms with Gasteiger partial charge in [-0.15, -0.1) is 0 Å². The van der Waals surface area contributed by atoms with E-state index < -0.39 is 18.3 Å². The number of aromatic nitrogens is 1. The van der Waals surface area contributed by atoms with Crippen LogP contribution in [0.3, 0.4) is 0 Å². The van der Waals surface area contributed by atoms with E-state index in [1.165, 1.54) is 24.9 Å². The van der Waals surface area contributed by atoms with Crippen molar-refractivity contribution in [2.45, 2.75) is 45.8 Å². The van der Waals surface area contributed by atoms with Gasteiger partial charge in [0.1, 0.15) is 5.75 Å². The Kier molecular flexibility index (Phi) is 5.23. The first kappa shape index (κ1) is 18.0. The number of rotatable bonds is 4. The van der Waals surface area contributed by atoms with Crippen LogP contribution in [0.25, 0.3) is 6.08 Å². The molecule has 1 aromatic heterocycles. The normalized spacial score (nSPS) is 19.9. The highest BCUT2D eigenvalue weighted by Gasteiger charge is 2.52. The van der Waals surface area contributed by atoms with Gasteiger partial charge in [0.05, 0.1) is 17.4 Å². The van der Waals surface area contributed by atoms with Gasteiger partial charge in [0.25, 0.3) is 0 Å². The van der Waals surface area contributed by atoms with Crippen molar-refractivity contribution in [1.29, 1.82) is 0 Å². The zero-order valence-electron chi connectivity index (χ0n) is 14.1. The second-order valence-electron chi connectivity index (χ2n) is 6.56. The molecule has 0 radical (unpaired) electrons. The number of pyridine rings is 1. The minimum absolute atomic E-state index is 0.0291. The van der Waals surface area contributed by atoms with Crippen LogP contribution in [-0.2, 0) is 14.1 Å². The van der Waals surface area contributed by atoms with E-state index in [4.69, 9.17) is 9.31 Å². The Morgan fingerprint density at radius 3 is 2.43 bits per heavy atom. The Morgan fingerprint density at radius 1 is 1.30 bits per heavy atom. The van der Waals surface area contributed by atoms with Crippen LogP contribution >= 0.6 is 11.8 Å². The topological polar surface area (TPSA) is 68.7 Å². The molecule has 0 bridgehead atoms. The summed E-state index contributed by atoms with van der Waals surface area (Å²) in [5.74, 6) is 0.549. The zero-order valence-corrected chi connectivity index (χ0v) is 14.9. The standard InChI is InChI=1S/C16H22BNO4S/c1-11(19)23-10-13(6-12-7-14(20)9-18-8-12)17-21-15(2,3)16(4,5)22-17/h6-9,20H,10H2,1-5H3. The maximum Gasteiger partial charge on any atom is 0.491 e.